The summed E-state index contributed by atoms with van der Waals surface area (Å²) in [5, 5.41) is 9.61. The van der Waals surface area contributed by atoms with Crippen molar-refractivity contribution in [3.05, 3.63) is 70.9 Å². The molecule has 3 fully saturated rings. The summed E-state index contributed by atoms with van der Waals surface area (Å²) >= 11 is 0. The Bertz CT molecular complexity index is 2290. The van der Waals surface area contributed by atoms with Crippen LogP contribution in [-0.2, 0) is 39.8 Å². The normalized spacial score (nSPS) is 18.3. The first-order valence-electron chi connectivity index (χ1n) is 17.9. The molecule has 322 valence electrons. The molecule has 0 aliphatic carbocycles. The van der Waals surface area contributed by atoms with Gasteiger partial charge in [-0.3, -0.25) is 24.3 Å². The number of carbonyl (C=O) groups excluding carboxylic acids is 4. The average Bonchev–Trinajstić information content (AvgIpc) is 3.92. The number of nitrogens with zero attached hydrogens (tertiary/aromatic N) is 8. The first-order valence-corrected chi connectivity index (χ1v) is 17.9. The van der Waals surface area contributed by atoms with E-state index in [0.29, 0.717) is 50.6 Å². The van der Waals surface area contributed by atoms with Crippen LogP contribution < -0.4 is 5.32 Å². The van der Waals surface area contributed by atoms with Crippen LogP contribution in [-0.4, -0.2) is 114 Å². The second kappa shape index (κ2) is 16.2. The number of nitrogens with one attached hydrogen (secondary N) is 1. The van der Waals surface area contributed by atoms with Gasteiger partial charge in [0.05, 0.1) is 24.3 Å². The second-order valence-corrected chi connectivity index (χ2v) is 14.7. The van der Waals surface area contributed by atoms with Crippen molar-refractivity contribution in [3.63, 3.8) is 0 Å². The van der Waals surface area contributed by atoms with E-state index in [1.54, 1.807) is 13.8 Å². The van der Waals surface area contributed by atoms with Gasteiger partial charge in [0.2, 0.25) is 23.4 Å². The van der Waals surface area contributed by atoms with Crippen molar-refractivity contribution in [1.29, 1.82) is 0 Å². The Morgan fingerprint density at radius 2 is 1.18 bits per heavy atom. The summed E-state index contributed by atoms with van der Waals surface area (Å²) in [5.41, 5.74) is -5.33. The molecule has 0 atom stereocenters. The zero-order valence-electron chi connectivity index (χ0n) is 32.1. The number of morpholine rings is 1. The van der Waals surface area contributed by atoms with Crippen molar-refractivity contribution in [2.75, 3.05) is 39.4 Å². The van der Waals surface area contributed by atoms with Crippen LogP contribution in [0.25, 0.3) is 22.8 Å². The zero-order valence-corrected chi connectivity index (χ0v) is 32.1. The van der Waals surface area contributed by atoms with Crippen LogP contribution in [0.4, 0.5) is 44.7 Å². The predicted molar refractivity (Wildman–Crippen MR) is 187 cm³/mol. The molecule has 0 radical (unpaired) electrons. The van der Waals surface area contributed by atoms with Gasteiger partial charge in [-0.05, 0) is 64.1 Å². The highest BCUT2D eigenvalue weighted by Gasteiger charge is 2.51. The van der Waals surface area contributed by atoms with Gasteiger partial charge in [0.1, 0.15) is 35.8 Å². The minimum absolute atomic E-state index is 0.115. The van der Waals surface area contributed by atoms with Gasteiger partial charge in [-0.15, -0.1) is 0 Å². The van der Waals surface area contributed by atoms with Crippen molar-refractivity contribution in [2.45, 2.75) is 64.2 Å². The summed E-state index contributed by atoms with van der Waals surface area (Å²) in [6, 6.07) is 3.42. The average molecular weight is 858 g/mol. The highest BCUT2D eigenvalue weighted by Crippen LogP contribution is 2.36. The SMILES string of the molecule is CC1(C)C(=O)N(Cc2nc(-c3ccc(F)c(C(F)(F)F)c3)no2)C(=O)N1CCN1CCOCC1.CC1(C)NC(=O)N(Cc2nc(-c3ccc(F)c(C(F)(F)F)c3)no2)C1=O. The van der Waals surface area contributed by atoms with Crippen LogP contribution in [0.1, 0.15) is 50.6 Å². The van der Waals surface area contributed by atoms with E-state index in [-0.39, 0.29) is 47.6 Å². The molecule has 2 aromatic heterocycles. The van der Waals surface area contributed by atoms with E-state index in [0.717, 1.165) is 35.0 Å². The van der Waals surface area contributed by atoms with E-state index in [4.69, 9.17) is 13.8 Å². The fraction of sp³-hybridized carbons (Fsp3) is 0.444. The summed E-state index contributed by atoms with van der Waals surface area (Å²) in [7, 11) is 0. The number of hydrogen-bond donors (Lipinski definition) is 1. The minimum Gasteiger partial charge on any atom is -0.379 e. The maximum Gasteiger partial charge on any atom is 0.419 e. The third-order valence-corrected chi connectivity index (χ3v) is 9.68. The Hall–Kier alpha value is -6.04. The molecule has 3 aliphatic rings. The molecular weight excluding hydrogens is 822 g/mol. The van der Waals surface area contributed by atoms with E-state index >= 15 is 0 Å². The Morgan fingerprint density at radius 1 is 0.700 bits per heavy atom. The number of alkyl halides is 6. The van der Waals surface area contributed by atoms with Gasteiger partial charge in [0.25, 0.3) is 11.8 Å². The van der Waals surface area contributed by atoms with Crippen molar-refractivity contribution >= 4 is 23.9 Å². The summed E-state index contributed by atoms with van der Waals surface area (Å²) in [4.78, 5) is 63.2. The molecule has 0 bridgehead atoms. The third-order valence-electron chi connectivity index (χ3n) is 9.68. The largest absolute Gasteiger partial charge is 0.419 e. The van der Waals surface area contributed by atoms with Crippen molar-refractivity contribution < 1.29 is 68.1 Å². The molecule has 60 heavy (non-hydrogen) atoms. The van der Waals surface area contributed by atoms with E-state index in [2.05, 4.69) is 30.5 Å². The lowest BCUT2D eigenvalue weighted by atomic mass is 10.0. The number of urea groups is 2. The summed E-state index contributed by atoms with van der Waals surface area (Å²) < 4.78 is 120. The Labute approximate surface area is 334 Å². The minimum atomic E-state index is -4.89. The van der Waals surface area contributed by atoms with Gasteiger partial charge in [0, 0.05) is 37.3 Å². The van der Waals surface area contributed by atoms with E-state index in [9.17, 15) is 54.3 Å². The number of rotatable bonds is 9. The molecule has 5 heterocycles. The molecule has 4 aromatic rings. The van der Waals surface area contributed by atoms with Crippen LogP contribution in [0.3, 0.4) is 0 Å². The van der Waals surface area contributed by atoms with Crippen LogP contribution in [0.2, 0.25) is 0 Å². The fourth-order valence-electron chi connectivity index (χ4n) is 6.37. The standard InChI is InChI=1S/C21H23F4N5O4.C15H12F4N4O3/c1-20(2)18(31)29(19(32)30(20)6-5-28-7-9-33-10-8-28)12-16-26-17(27-34-16)13-3-4-15(22)14(11-13)21(23,24)25;1-14(2)12(24)23(13(25)21-14)6-10-20-11(22-26-10)7-3-4-9(16)8(5-7)15(17,18)19/h3-4,11H,5-10,12H2,1-2H3;3-5H,6H2,1-2H3,(H,21,25). The molecule has 24 heteroatoms. The molecular formula is C36H35F8N9O7. The molecule has 3 aliphatic heterocycles. The maximum absolute atomic E-state index is 13.6. The number of halogens is 8. The van der Waals surface area contributed by atoms with Gasteiger partial charge in [0.15, 0.2) is 0 Å². The van der Waals surface area contributed by atoms with Crippen LogP contribution in [0, 0.1) is 11.6 Å². The van der Waals surface area contributed by atoms with Crippen LogP contribution in [0.5, 0.6) is 0 Å². The number of hydrogen-bond acceptors (Lipinski definition) is 12. The van der Waals surface area contributed by atoms with Crippen molar-refractivity contribution in [3.8, 4) is 22.8 Å². The van der Waals surface area contributed by atoms with E-state index < -0.39 is 70.1 Å². The smallest absolute Gasteiger partial charge is 0.379 e. The molecule has 1 N–H and O–H groups in total. The van der Waals surface area contributed by atoms with Gasteiger partial charge in [-0.25, -0.2) is 18.4 Å². The zero-order chi connectivity index (χ0) is 43.9. The molecule has 3 saturated heterocycles. The Morgan fingerprint density at radius 3 is 1.63 bits per heavy atom. The quantitative estimate of drug-likeness (QED) is 0.165. The lowest BCUT2D eigenvalue weighted by Crippen LogP contribution is -2.48. The van der Waals surface area contributed by atoms with E-state index in [1.165, 1.54) is 18.7 Å². The lowest BCUT2D eigenvalue weighted by molar-refractivity contribution is -0.140. The molecule has 6 amide bonds. The number of ether oxygens (including phenoxy) is 1. The Kier molecular flexibility index (Phi) is 11.8. The van der Waals surface area contributed by atoms with Gasteiger partial charge in [-0.2, -0.15) is 36.3 Å². The summed E-state index contributed by atoms with van der Waals surface area (Å²) in [5.74, 6) is -4.55. The molecule has 7 rings (SSSR count). The number of amides is 6. The monoisotopic (exact) mass is 857 g/mol. The number of aromatic nitrogens is 4. The van der Waals surface area contributed by atoms with Gasteiger partial charge in [-0.1, -0.05) is 10.3 Å². The third kappa shape index (κ3) is 9.07. The second-order valence-electron chi connectivity index (χ2n) is 14.7. The molecule has 2 aromatic carbocycles. The molecule has 0 spiro atoms. The Balaban J connectivity index is 0.000000209. The summed E-state index contributed by atoms with van der Waals surface area (Å²) in [6.45, 7) is 9.26. The first-order chi connectivity index (χ1) is 28.0. The van der Waals surface area contributed by atoms with Gasteiger partial charge < -0.3 is 24.0 Å². The number of imide groups is 2. The summed E-state index contributed by atoms with van der Waals surface area (Å²) in [6.07, 6.45) is -9.77. The highest BCUT2D eigenvalue weighted by molar-refractivity contribution is 6.07. The number of carbonyl (C=O) groups is 4. The predicted octanol–water partition coefficient (Wildman–Crippen LogP) is 5.49. The van der Waals surface area contributed by atoms with Crippen LogP contribution >= 0.6 is 0 Å². The molecule has 16 nitrogen and oxygen atoms in total. The fourth-order valence-corrected chi connectivity index (χ4v) is 6.37. The molecule has 0 saturated carbocycles. The maximum atomic E-state index is 13.6. The van der Waals surface area contributed by atoms with Crippen molar-refractivity contribution in [2.24, 2.45) is 0 Å². The van der Waals surface area contributed by atoms with Gasteiger partial charge >= 0.3 is 24.4 Å². The van der Waals surface area contributed by atoms with E-state index in [1.807, 2.05) is 0 Å². The number of benzene rings is 2. The molecule has 0 unspecified atom stereocenters. The highest BCUT2D eigenvalue weighted by atomic mass is 19.4. The van der Waals surface area contributed by atoms with Crippen LogP contribution in [0.15, 0.2) is 45.4 Å². The topological polar surface area (TPSA) is 180 Å². The lowest BCUT2D eigenvalue weighted by Gasteiger charge is -2.32. The first kappa shape index (κ1) is 43.5. The van der Waals surface area contributed by atoms with Crippen molar-refractivity contribution in [1.82, 2.24) is 45.2 Å².